The number of nitro benzene ring substituents is 1. The van der Waals surface area contributed by atoms with E-state index in [2.05, 4.69) is 5.32 Å². The Morgan fingerprint density at radius 1 is 1.03 bits per heavy atom. The average molecular weight is 540 g/mol. The molecule has 0 atom stereocenters. The first-order chi connectivity index (χ1) is 17.6. The Labute approximate surface area is 215 Å². The number of nitrogens with zero attached hydrogens (tertiary/aromatic N) is 2. The third-order valence-electron chi connectivity index (χ3n) is 4.93. The number of para-hydroxylation sites is 1. The van der Waals surface area contributed by atoms with Crippen molar-refractivity contribution in [1.82, 2.24) is 4.90 Å². The predicted molar refractivity (Wildman–Crippen MR) is 135 cm³/mol. The molecular weight excluding hydrogens is 522 g/mol. The quantitative estimate of drug-likeness (QED) is 0.193. The van der Waals surface area contributed by atoms with E-state index in [0.29, 0.717) is 23.0 Å². The summed E-state index contributed by atoms with van der Waals surface area (Å²) in [6, 6.07) is 18.6. The molecule has 3 aromatic rings. The van der Waals surface area contributed by atoms with Gasteiger partial charge < -0.3 is 9.50 Å². The van der Waals surface area contributed by atoms with Gasteiger partial charge in [-0.15, -0.1) is 0 Å². The number of hydrogen-bond acceptors (Lipinski definition) is 9. The molecule has 4 rings (SSSR count). The summed E-state index contributed by atoms with van der Waals surface area (Å²) in [6.45, 7) is -0.445. The molecule has 1 aliphatic heterocycles. The van der Waals surface area contributed by atoms with Gasteiger partial charge in [0.25, 0.3) is 16.8 Å². The molecule has 0 radical (unpaired) electrons. The van der Waals surface area contributed by atoms with Crippen molar-refractivity contribution in [1.29, 1.82) is 0 Å². The van der Waals surface area contributed by atoms with Crippen molar-refractivity contribution in [3.8, 4) is 5.75 Å². The lowest BCUT2D eigenvalue weighted by atomic mass is 10.2. The van der Waals surface area contributed by atoms with E-state index in [1.54, 1.807) is 30.3 Å². The van der Waals surface area contributed by atoms with Gasteiger partial charge in [-0.3, -0.25) is 29.4 Å². The highest BCUT2D eigenvalue weighted by atomic mass is 32.2. The first-order valence-electron chi connectivity index (χ1n) is 10.5. The number of nitro groups is 1. The van der Waals surface area contributed by atoms with E-state index in [1.165, 1.54) is 42.5 Å². The van der Waals surface area contributed by atoms with Gasteiger partial charge in [-0.2, -0.15) is 8.42 Å². The molecule has 1 N–H and O–H groups in total. The highest BCUT2D eigenvalue weighted by Gasteiger charge is 2.36. The molecule has 11 nitrogen and oxygen atoms in total. The second-order valence-electron chi connectivity index (χ2n) is 7.54. The maximum absolute atomic E-state index is 12.7. The van der Waals surface area contributed by atoms with E-state index in [9.17, 15) is 32.9 Å². The molecule has 0 unspecified atom stereocenters. The van der Waals surface area contributed by atoms with Crippen LogP contribution >= 0.6 is 11.8 Å². The Kier molecular flexibility index (Phi) is 7.36. The Balaban J connectivity index is 1.42. The number of amides is 3. The highest BCUT2D eigenvalue weighted by Crippen LogP contribution is 2.32. The van der Waals surface area contributed by atoms with Gasteiger partial charge >= 0.3 is 10.1 Å². The number of imide groups is 1. The van der Waals surface area contributed by atoms with E-state index >= 15 is 0 Å². The lowest BCUT2D eigenvalue weighted by Gasteiger charge is -2.12. The normalized spacial score (nSPS) is 14.6. The number of nitrogens with one attached hydrogen (secondary N) is 1. The predicted octanol–water partition coefficient (Wildman–Crippen LogP) is 4.04. The summed E-state index contributed by atoms with van der Waals surface area (Å²) < 4.78 is 30.0. The van der Waals surface area contributed by atoms with Crippen LogP contribution in [0.1, 0.15) is 5.56 Å². The minimum Gasteiger partial charge on any atom is -0.379 e. The molecule has 1 saturated heterocycles. The van der Waals surface area contributed by atoms with Gasteiger partial charge in [-0.05, 0) is 53.7 Å². The number of carbonyl (C=O) groups is 3. The summed E-state index contributed by atoms with van der Waals surface area (Å²) in [5.74, 6) is -1.22. The largest absolute Gasteiger partial charge is 0.379 e. The maximum atomic E-state index is 12.7. The zero-order chi connectivity index (χ0) is 26.6. The molecule has 37 heavy (non-hydrogen) atoms. The van der Waals surface area contributed by atoms with Gasteiger partial charge in [0.05, 0.1) is 9.83 Å². The molecule has 1 fully saturated rings. The van der Waals surface area contributed by atoms with Crippen LogP contribution in [0.15, 0.2) is 88.7 Å². The molecule has 0 saturated carbocycles. The number of thioether (sulfide) groups is 1. The van der Waals surface area contributed by atoms with Crippen molar-refractivity contribution >= 4 is 56.4 Å². The minimum absolute atomic E-state index is 0.0608. The van der Waals surface area contributed by atoms with Gasteiger partial charge in [0, 0.05) is 17.8 Å². The summed E-state index contributed by atoms with van der Waals surface area (Å²) in [6.07, 6.45) is 1.43. The third-order valence-corrected chi connectivity index (χ3v) is 7.08. The Bertz CT molecular complexity index is 1520. The summed E-state index contributed by atoms with van der Waals surface area (Å²) in [7, 11) is -4.33. The molecule has 3 aromatic carbocycles. The van der Waals surface area contributed by atoms with Crippen molar-refractivity contribution in [2.75, 3.05) is 11.9 Å². The van der Waals surface area contributed by atoms with Gasteiger partial charge in [0.2, 0.25) is 5.91 Å². The standard InChI is InChI=1S/C24H17N3O8S2/c28-22(25-17-5-2-1-3-6-17)15-26-23(29)21(36-24(26)30)13-16-9-11-19(12-10-16)35-37(33,34)20-8-4-7-18(14-20)27(31)32/h1-14H,15H2,(H,25,28)/b21-13-. The smallest absolute Gasteiger partial charge is 0.339 e. The zero-order valence-corrected chi connectivity index (χ0v) is 20.4. The van der Waals surface area contributed by atoms with Gasteiger partial charge in [0.1, 0.15) is 17.2 Å². The van der Waals surface area contributed by atoms with Gasteiger partial charge in [-0.1, -0.05) is 36.4 Å². The van der Waals surface area contributed by atoms with Crippen LogP contribution < -0.4 is 9.50 Å². The number of benzene rings is 3. The molecule has 0 bridgehead atoms. The lowest BCUT2D eigenvalue weighted by molar-refractivity contribution is -0.385. The van der Waals surface area contributed by atoms with Crippen molar-refractivity contribution in [2.45, 2.75) is 4.90 Å². The molecule has 0 aromatic heterocycles. The fourth-order valence-corrected chi connectivity index (χ4v) is 5.01. The lowest BCUT2D eigenvalue weighted by Crippen LogP contribution is -2.36. The number of carbonyl (C=O) groups excluding carboxylic acids is 3. The van der Waals surface area contributed by atoms with Crippen LogP contribution in [-0.4, -0.2) is 41.8 Å². The summed E-state index contributed by atoms with van der Waals surface area (Å²) in [4.78, 5) is 48.0. The number of non-ortho nitro benzene ring substituents is 1. The summed E-state index contributed by atoms with van der Waals surface area (Å²) >= 11 is 0.676. The van der Waals surface area contributed by atoms with Crippen LogP contribution in [0, 0.1) is 10.1 Å². The van der Waals surface area contributed by atoms with Crippen LogP contribution in [0.5, 0.6) is 5.75 Å². The number of rotatable bonds is 8. The van der Waals surface area contributed by atoms with Crippen molar-refractivity contribution in [3.63, 3.8) is 0 Å². The van der Waals surface area contributed by atoms with Crippen molar-refractivity contribution < 1.29 is 31.9 Å². The topological polar surface area (TPSA) is 153 Å². The van der Waals surface area contributed by atoms with E-state index in [4.69, 9.17) is 4.18 Å². The first kappa shape index (κ1) is 25.6. The third kappa shape index (κ3) is 6.20. The van der Waals surface area contributed by atoms with Crippen LogP contribution in [0.4, 0.5) is 16.2 Å². The van der Waals surface area contributed by atoms with Gasteiger partial charge in [-0.25, -0.2) is 0 Å². The van der Waals surface area contributed by atoms with Crippen LogP contribution in [0.25, 0.3) is 6.08 Å². The Morgan fingerprint density at radius 2 is 1.73 bits per heavy atom. The van der Waals surface area contributed by atoms with Crippen LogP contribution in [0.3, 0.4) is 0 Å². The van der Waals surface area contributed by atoms with Gasteiger partial charge in [0.15, 0.2) is 0 Å². The zero-order valence-electron chi connectivity index (χ0n) is 18.8. The van der Waals surface area contributed by atoms with E-state index in [-0.39, 0.29) is 15.6 Å². The van der Waals surface area contributed by atoms with Crippen molar-refractivity contribution in [2.24, 2.45) is 0 Å². The Hall–Kier alpha value is -4.49. The van der Waals surface area contributed by atoms with E-state index < -0.39 is 44.3 Å². The average Bonchev–Trinajstić information content (AvgIpc) is 3.13. The summed E-state index contributed by atoms with van der Waals surface area (Å²) in [5.41, 5.74) is 0.607. The molecule has 1 heterocycles. The monoisotopic (exact) mass is 539 g/mol. The summed E-state index contributed by atoms with van der Waals surface area (Å²) in [5, 5.41) is 12.9. The molecule has 3 amide bonds. The molecule has 1 aliphatic rings. The highest BCUT2D eigenvalue weighted by molar-refractivity contribution is 8.18. The molecule has 188 valence electrons. The number of hydrogen-bond donors (Lipinski definition) is 1. The second kappa shape index (κ2) is 10.6. The molecular formula is C24H17N3O8S2. The number of anilines is 1. The van der Waals surface area contributed by atoms with Crippen molar-refractivity contribution in [3.05, 3.63) is 99.4 Å². The molecule has 0 aliphatic carbocycles. The minimum atomic E-state index is -4.33. The fraction of sp³-hybridized carbons (Fsp3) is 0.0417. The van der Waals surface area contributed by atoms with Crippen LogP contribution in [-0.2, 0) is 19.7 Å². The molecule has 0 spiro atoms. The van der Waals surface area contributed by atoms with E-state index in [1.807, 2.05) is 0 Å². The Morgan fingerprint density at radius 3 is 2.41 bits per heavy atom. The van der Waals surface area contributed by atoms with Crippen LogP contribution in [0.2, 0.25) is 0 Å². The van der Waals surface area contributed by atoms with E-state index in [0.717, 1.165) is 17.0 Å². The SMILES string of the molecule is O=C(CN1C(=O)S/C(=C\c2ccc(OS(=O)(=O)c3cccc([N+](=O)[O-])c3)cc2)C1=O)Nc1ccccc1. The maximum Gasteiger partial charge on any atom is 0.339 e. The molecule has 13 heteroatoms. The fourth-order valence-electron chi connectivity index (χ4n) is 3.20. The first-order valence-corrected chi connectivity index (χ1v) is 12.7. The second-order valence-corrected chi connectivity index (χ2v) is 10.1.